The highest BCUT2D eigenvalue weighted by Gasteiger charge is 2.43. The van der Waals surface area contributed by atoms with Crippen molar-refractivity contribution in [3.05, 3.63) is 32.5 Å². The smallest absolute Gasteiger partial charge is 0.277 e. The van der Waals surface area contributed by atoms with Gasteiger partial charge in [-0.25, -0.2) is 4.98 Å². The number of hydrogen-bond donors (Lipinski definition) is 1. The van der Waals surface area contributed by atoms with Gasteiger partial charge in [-0.2, -0.15) is 22.7 Å². The van der Waals surface area contributed by atoms with Crippen molar-refractivity contribution < 1.29 is 18.1 Å². The molecule has 2 rings (SSSR count). The van der Waals surface area contributed by atoms with Gasteiger partial charge in [0, 0.05) is 0 Å². The Balaban J connectivity index is 2.95. The molecule has 2 aromatic rings. The van der Waals surface area contributed by atoms with Crippen LogP contribution in [-0.2, 0) is 6.18 Å². The predicted molar refractivity (Wildman–Crippen MR) is 45.3 cm³/mol. The molecular formula is C6H2F3N5O3. The monoisotopic (exact) mass is 249 g/mol. The molecule has 11 heteroatoms. The largest absolute Gasteiger partial charge is 0.440 e. The third-order valence-electron chi connectivity index (χ3n) is 1.86. The van der Waals surface area contributed by atoms with E-state index in [2.05, 4.69) is 15.1 Å². The standard InChI is InChI=1S/C6H2F3N5O3/c7-6(8,9)3-2(14(16)17)4(15)13-5(12-3)10-1-11-13/h1H,(H,10,11,12). The number of halogens is 3. The van der Waals surface area contributed by atoms with E-state index in [0.29, 0.717) is 4.52 Å². The van der Waals surface area contributed by atoms with E-state index in [1.54, 1.807) is 0 Å². The van der Waals surface area contributed by atoms with Crippen LogP contribution in [0.2, 0.25) is 0 Å². The van der Waals surface area contributed by atoms with E-state index in [4.69, 9.17) is 0 Å². The summed E-state index contributed by atoms with van der Waals surface area (Å²) in [5, 5.41) is 12.6. The Morgan fingerprint density at radius 2 is 2.12 bits per heavy atom. The molecule has 0 aliphatic rings. The first kappa shape index (κ1) is 11.0. The Hall–Kier alpha value is -2.46. The van der Waals surface area contributed by atoms with Gasteiger partial charge in [-0.3, -0.25) is 20.0 Å². The van der Waals surface area contributed by atoms with Crippen molar-refractivity contribution in [3.63, 3.8) is 0 Å². The molecule has 2 heterocycles. The molecular weight excluding hydrogens is 247 g/mol. The van der Waals surface area contributed by atoms with E-state index in [9.17, 15) is 28.1 Å². The lowest BCUT2D eigenvalue weighted by Crippen LogP contribution is -2.25. The number of aromatic amines is 1. The van der Waals surface area contributed by atoms with E-state index in [0.717, 1.165) is 6.33 Å². The van der Waals surface area contributed by atoms with Crippen LogP contribution < -0.4 is 5.56 Å². The molecule has 0 aliphatic carbocycles. The van der Waals surface area contributed by atoms with Crippen LogP contribution >= 0.6 is 0 Å². The fraction of sp³-hybridized carbons (Fsp3) is 0.167. The molecule has 8 nitrogen and oxygen atoms in total. The minimum Gasteiger partial charge on any atom is -0.277 e. The number of alkyl halides is 3. The van der Waals surface area contributed by atoms with Crippen molar-refractivity contribution in [2.75, 3.05) is 0 Å². The third kappa shape index (κ3) is 1.60. The molecule has 0 bridgehead atoms. The maximum atomic E-state index is 12.5. The summed E-state index contributed by atoms with van der Waals surface area (Å²) < 4.78 is 37.9. The van der Waals surface area contributed by atoms with E-state index >= 15 is 0 Å². The minimum absolute atomic E-state index is 0.452. The Kier molecular flexibility index (Phi) is 2.12. The summed E-state index contributed by atoms with van der Waals surface area (Å²) >= 11 is 0. The van der Waals surface area contributed by atoms with Crippen LogP contribution in [0.4, 0.5) is 18.9 Å². The molecule has 2 aromatic heterocycles. The van der Waals surface area contributed by atoms with Crippen molar-refractivity contribution in [2.45, 2.75) is 6.18 Å². The summed E-state index contributed by atoms with van der Waals surface area (Å²) in [6.45, 7) is 0. The SMILES string of the molecule is O=c1c([N+](=O)[O-])c(C(F)(F)F)nc2nc[nH]n12. The molecule has 0 unspecified atom stereocenters. The number of H-pyrrole nitrogens is 1. The highest BCUT2D eigenvalue weighted by Crippen LogP contribution is 2.32. The van der Waals surface area contributed by atoms with Crippen LogP contribution in [0.3, 0.4) is 0 Å². The van der Waals surface area contributed by atoms with Gasteiger partial charge in [-0.15, -0.1) is 0 Å². The summed E-state index contributed by atoms with van der Waals surface area (Å²) in [5.74, 6) is -0.590. The molecule has 1 N–H and O–H groups in total. The zero-order valence-electron chi connectivity index (χ0n) is 7.72. The Morgan fingerprint density at radius 1 is 1.47 bits per heavy atom. The summed E-state index contributed by atoms with van der Waals surface area (Å²) in [7, 11) is 0. The van der Waals surface area contributed by atoms with Gasteiger partial charge in [0.05, 0.1) is 4.92 Å². The van der Waals surface area contributed by atoms with Crippen LogP contribution in [0, 0.1) is 10.1 Å². The second-order valence-corrected chi connectivity index (χ2v) is 2.89. The average Bonchev–Trinajstić information content (AvgIpc) is 2.63. The summed E-state index contributed by atoms with van der Waals surface area (Å²) in [6, 6.07) is 0. The number of aromatic nitrogens is 4. The number of fused-ring (bicyclic) bond motifs is 1. The van der Waals surface area contributed by atoms with E-state index < -0.39 is 33.8 Å². The lowest BCUT2D eigenvalue weighted by Gasteiger charge is -2.05. The normalized spacial score (nSPS) is 11.9. The molecule has 0 saturated heterocycles. The molecule has 0 aliphatic heterocycles. The van der Waals surface area contributed by atoms with E-state index in [1.807, 2.05) is 0 Å². The van der Waals surface area contributed by atoms with Crippen LogP contribution in [-0.4, -0.2) is 24.5 Å². The van der Waals surface area contributed by atoms with Gasteiger partial charge in [0.1, 0.15) is 6.33 Å². The fourth-order valence-electron chi connectivity index (χ4n) is 1.21. The first-order valence-corrected chi connectivity index (χ1v) is 4.00. The summed E-state index contributed by atoms with van der Waals surface area (Å²) in [6.07, 6.45) is -4.21. The van der Waals surface area contributed by atoms with Crippen molar-refractivity contribution in [2.24, 2.45) is 0 Å². The van der Waals surface area contributed by atoms with Gasteiger partial charge in [-0.1, -0.05) is 0 Å². The average molecular weight is 249 g/mol. The Morgan fingerprint density at radius 3 is 2.65 bits per heavy atom. The van der Waals surface area contributed by atoms with Gasteiger partial charge in [0.25, 0.3) is 5.78 Å². The number of nitrogens with zero attached hydrogens (tertiary/aromatic N) is 4. The third-order valence-corrected chi connectivity index (χ3v) is 1.86. The van der Waals surface area contributed by atoms with Gasteiger partial charge >= 0.3 is 17.4 Å². The van der Waals surface area contributed by atoms with E-state index in [1.165, 1.54) is 0 Å². The lowest BCUT2D eigenvalue weighted by atomic mass is 10.3. The van der Waals surface area contributed by atoms with Gasteiger partial charge in [-0.05, 0) is 0 Å². The number of rotatable bonds is 1. The Bertz CT molecular complexity index is 657. The second kappa shape index (κ2) is 3.26. The van der Waals surface area contributed by atoms with Crippen LogP contribution in [0.1, 0.15) is 5.69 Å². The number of nitro groups is 1. The van der Waals surface area contributed by atoms with Crippen LogP contribution in [0.15, 0.2) is 11.1 Å². The summed E-state index contributed by atoms with van der Waals surface area (Å²) in [4.78, 5) is 26.7. The molecule has 0 fully saturated rings. The van der Waals surface area contributed by atoms with Crippen molar-refractivity contribution in [3.8, 4) is 0 Å². The molecule has 0 amide bonds. The maximum Gasteiger partial charge on any atom is 0.440 e. The van der Waals surface area contributed by atoms with E-state index in [-0.39, 0.29) is 0 Å². The second-order valence-electron chi connectivity index (χ2n) is 2.89. The summed E-state index contributed by atoms with van der Waals surface area (Å²) in [5.41, 5.74) is -4.97. The van der Waals surface area contributed by atoms with Crippen LogP contribution in [0.25, 0.3) is 5.78 Å². The van der Waals surface area contributed by atoms with Gasteiger partial charge in [0.2, 0.25) is 5.69 Å². The maximum absolute atomic E-state index is 12.5. The van der Waals surface area contributed by atoms with Crippen LogP contribution in [0.5, 0.6) is 0 Å². The molecule has 0 spiro atoms. The first-order valence-electron chi connectivity index (χ1n) is 4.00. The van der Waals surface area contributed by atoms with Crippen molar-refractivity contribution in [1.82, 2.24) is 19.6 Å². The zero-order chi connectivity index (χ0) is 12.8. The molecule has 0 saturated carbocycles. The molecule has 17 heavy (non-hydrogen) atoms. The highest BCUT2D eigenvalue weighted by atomic mass is 19.4. The zero-order valence-corrected chi connectivity index (χ0v) is 7.72. The molecule has 0 atom stereocenters. The van der Waals surface area contributed by atoms with Crippen molar-refractivity contribution >= 4 is 11.5 Å². The molecule has 90 valence electrons. The Labute approximate surface area is 88.9 Å². The first-order chi connectivity index (χ1) is 7.82. The van der Waals surface area contributed by atoms with Gasteiger partial charge < -0.3 is 0 Å². The fourth-order valence-corrected chi connectivity index (χ4v) is 1.21. The number of nitrogens with one attached hydrogen (secondary N) is 1. The minimum atomic E-state index is -5.10. The van der Waals surface area contributed by atoms with Crippen molar-refractivity contribution in [1.29, 1.82) is 0 Å². The predicted octanol–water partition coefficient (Wildman–Crippen LogP) is 0.345. The highest BCUT2D eigenvalue weighted by molar-refractivity contribution is 5.41. The number of hydrogen-bond acceptors (Lipinski definition) is 5. The molecule has 0 radical (unpaired) electrons. The lowest BCUT2D eigenvalue weighted by molar-refractivity contribution is -0.390. The quantitative estimate of drug-likeness (QED) is 0.579. The van der Waals surface area contributed by atoms with Gasteiger partial charge in [0.15, 0.2) is 0 Å². The topological polar surface area (TPSA) is 106 Å². The molecule has 0 aromatic carbocycles.